The molecule has 0 aliphatic carbocycles. The molecule has 1 aromatic rings. The maximum Gasteiger partial charge on any atom is 0.289 e. The summed E-state index contributed by atoms with van der Waals surface area (Å²) in [7, 11) is -3.83. The Hall–Kier alpha value is -1.18. The molecule has 0 atom stereocenters. The summed E-state index contributed by atoms with van der Waals surface area (Å²) in [6, 6.07) is 3.43. The molecule has 1 N–H and O–H groups in total. The fourth-order valence-electron chi connectivity index (χ4n) is 1.58. The van der Waals surface area contributed by atoms with Crippen LogP contribution in [-0.2, 0) is 10.0 Å². The van der Waals surface area contributed by atoms with E-state index in [0.29, 0.717) is 12.8 Å². The van der Waals surface area contributed by atoms with E-state index in [0.717, 1.165) is 6.07 Å². The fourth-order valence-corrected chi connectivity index (χ4v) is 3.33. The average Bonchev–Trinajstić information content (AvgIpc) is 2.38. The quantitative estimate of drug-likeness (QED) is 0.644. The van der Waals surface area contributed by atoms with Crippen LogP contribution >= 0.6 is 11.6 Å². The number of hydrogen-bond donors (Lipinski definition) is 1. The molecule has 112 valence electrons. The van der Waals surface area contributed by atoms with Gasteiger partial charge < -0.3 is 0 Å². The fraction of sp³-hybridized carbons (Fsp3) is 0.500. The number of nitro benzene ring substituents is 1. The highest BCUT2D eigenvalue weighted by Crippen LogP contribution is 2.28. The zero-order chi connectivity index (χ0) is 15.6. The van der Waals surface area contributed by atoms with E-state index in [4.69, 9.17) is 11.6 Å². The lowest BCUT2D eigenvalue weighted by Gasteiger charge is -2.27. The van der Waals surface area contributed by atoms with Gasteiger partial charge in [-0.1, -0.05) is 25.4 Å². The Morgan fingerprint density at radius 3 is 2.35 bits per heavy atom. The number of halogens is 1. The predicted molar refractivity (Wildman–Crippen MR) is 77.4 cm³/mol. The minimum Gasteiger partial charge on any atom is -0.258 e. The molecule has 0 fully saturated rings. The first-order chi connectivity index (χ1) is 9.15. The first-order valence-corrected chi connectivity index (χ1v) is 7.99. The molecule has 0 aliphatic rings. The molecule has 20 heavy (non-hydrogen) atoms. The topological polar surface area (TPSA) is 89.3 Å². The van der Waals surface area contributed by atoms with Crippen LogP contribution in [-0.4, -0.2) is 18.9 Å². The van der Waals surface area contributed by atoms with Gasteiger partial charge in [0.25, 0.3) is 5.69 Å². The van der Waals surface area contributed by atoms with E-state index in [2.05, 4.69) is 4.72 Å². The van der Waals surface area contributed by atoms with Crippen LogP contribution in [0.15, 0.2) is 23.1 Å². The van der Waals surface area contributed by atoms with Crippen molar-refractivity contribution in [2.45, 2.75) is 44.0 Å². The van der Waals surface area contributed by atoms with Crippen LogP contribution in [0.4, 0.5) is 5.69 Å². The molecule has 6 nitrogen and oxygen atoms in total. The van der Waals surface area contributed by atoms with E-state index in [9.17, 15) is 18.5 Å². The number of rotatable bonds is 6. The second kappa shape index (κ2) is 6.07. The van der Waals surface area contributed by atoms with Crippen molar-refractivity contribution >= 4 is 27.3 Å². The smallest absolute Gasteiger partial charge is 0.258 e. The van der Waals surface area contributed by atoms with Crippen molar-refractivity contribution in [2.75, 3.05) is 0 Å². The molecule has 0 heterocycles. The van der Waals surface area contributed by atoms with Crippen LogP contribution in [0.1, 0.15) is 33.6 Å². The van der Waals surface area contributed by atoms with Gasteiger partial charge in [0, 0.05) is 11.6 Å². The van der Waals surface area contributed by atoms with Crippen LogP contribution in [0.3, 0.4) is 0 Å². The lowest BCUT2D eigenvalue weighted by molar-refractivity contribution is -0.384. The van der Waals surface area contributed by atoms with E-state index in [-0.39, 0.29) is 9.92 Å². The Balaban J connectivity index is 3.23. The molecule has 0 radical (unpaired) electrons. The summed E-state index contributed by atoms with van der Waals surface area (Å²) in [6.07, 6.45) is 1.22. The van der Waals surface area contributed by atoms with Crippen LogP contribution < -0.4 is 4.72 Å². The first-order valence-electron chi connectivity index (χ1n) is 6.13. The summed E-state index contributed by atoms with van der Waals surface area (Å²) in [6.45, 7) is 5.53. The molecule has 0 aliphatic heterocycles. The Kier molecular flexibility index (Phi) is 5.12. The van der Waals surface area contributed by atoms with Gasteiger partial charge in [-0.15, -0.1) is 0 Å². The van der Waals surface area contributed by atoms with E-state index in [1.807, 2.05) is 13.8 Å². The summed E-state index contributed by atoms with van der Waals surface area (Å²) in [5.74, 6) is 0. The van der Waals surface area contributed by atoms with E-state index in [1.165, 1.54) is 12.1 Å². The molecular weight excluding hydrogens is 304 g/mol. The third-order valence-corrected chi connectivity index (χ3v) is 5.32. The van der Waals surface area contributed by atoms with Gasteiger partial charge in [0.05, 0.1) is 9.82 Å². The number of hydrogen-bond acceptors (Lipinski definition) is 4. The van der Waals surface area contributed by atoms with Crippen molar-refractivity contribution in [1.82, 2.24) is 4.72 Å². The molecule has 1 rings (SSSR count). The summed E-state index contributed by atoms with van der Waals surface area (Å²) >= 11 is 5.67. The first kappa shape index (κ1) is 16.9. The van der Waals surface area contributed by atoms with Crippen LogP contribution in [0.5, 0.6) is 0 Å². The lowest BCUT2D eigenvalue weighted by Crippen LogP contribution is -2.44. The third kappa shape index (κ3) is 3.68. The highest BCUT2D eigenvalue weighted by Gasteiger charge is 2.28. The van der Waals surface area contributed by atoms with Gasteiger partial charge in [0.1, 0.15) is 5.02 Å². The van der Waals surface area contributed by atoms with Gasteiger partial charge in [0.2, 0.25) is 10.0 Å². The molecule has 0 bridgehead atoms. The predicted octanol–water partition coefficient (Wildman–Crippen LogP) is 3.11. The molecule has 0 spiro atoms. The number of sulfonamides is 1. The maximum absolute atomic E-state index is 12.3. The average molecular weight is 321 g/mol. The van der Waals surface area contributed by atoms with E-state index >= 15 is 0 Å². The molecule has 0 saturated carbocycles. The van der Waals surface area contributed by atoms with Gasteiger partial charge in [-0.05, 0) is 31.9 Å². The van der Waals surface area contributed by atoms with Crippen molar-refractivity contribution in [3.63, 3.8) is 0 Å². The van der Waals surface area contributed by atoms with Gasteiger partial charge >= 0.3 is 0 Å². The number of nitrogens with zero attached hydrogens (tertiary/aromatic N) is 1. The zero-order valence-electron chi connectivity index (χ0n) is 11.5. The monoisotopic (exact) mass is 320 g/mol. The van der Waals surface area contributed by atoms with Crippen LogP contribution in [0, 0.1) is 10.1 Å². The number of nitrogens with one attached hydrogen (secondary N) is 1. The van der Waals surface area contributed by atoms with Crippen molar-refractivity contribution < 1.29 is 13.3 Å². The molecule has 0 saturated heterocycles. The minimum absolute atomic E-state index is 0.0947. The summed E-state index contributed by atoms with van der Waals surface area (Å²) in [5, 5.41) is 10.7. The van der Waals surface area contributed by atoms with Gasteiger partial charge in [-0.3, -0.25) is 10.1 Å². The Bertz CT molecular complexity index is 612. The Labute approximate surface area is 123 Å². The van der Waals surface area contributed by atoms with Gasteiger partial charge in [-0.2, -0.15) is 0 Å². The standard InChI is InChI=1S/C12H17ClN2O4S/c1-4-12(3,5-2)14-20(18,19)9-6-7-10(13)11(8-9)15(16)17/h6-8,14H,4-5H2,1-3H3. The van der Waals surface area contributed by atoms with Crippen molar-refractivity contribution in [1.29, 1.82) is 0 Å². The molecule has 0 amide bonds. The Morgan fingerprint density at radius 2 is 1.90 bits per heavy atom. The van der Waals surface area contributed by atoms with E-state index < -0.39 is 26.2 Å². The highest BCUT2D eigenvalue weighted by atomic mass is 35.5. The second-order valence-electron chi connectivity index (χ2n) is 4.74. The summed E-state index contributed by atoms with van der Waals surface area (Å²) in [5.41, 5.74) is -1.02. The number of benzene rings is 1. The molecule has 0 unspecified atom stereocenters. The van der Waals surface area contributed by atoms with Crippen molar-refractivity contribution in [2.24, 2.45) is 0 Å². The highest BCUT2D eigenvalue weighted by molar-refractivity contribution is 7.89. The molecule has 8 heteroatoms. The van der Waals surface area contributed by atoms with E-state index in [1.54, 1.807) is 6.92 Å². The minimum atomic E-state index is -3.83. The maximum atomic E-state index is 12.3. The lowest BCUT2D eigenvalue weighted by atomic mass is 9.98. The van der Waals surface area contributed by atoms with Crippen molar-refractivity contribution in [3.05, 3.63) is 33.3 Å². The SMILES string of the molecule is CCC(C)(CC)NS(=O)(=O)c1ccc(Cl)c([N+](=O)[O-])c1. The molecule has 1 aromatic carbocycles. The summed E-state index contributed by atoms with van der Waals surface area (Å²) in [4.78, 5) is 9.93. The van der Waals surface area contributed by atoms with Crippen LogP contribution in [0.2, 0.25) is 5.02 Å². The number of nitro groups is 1. The zero-order valence-corrected chi connectivity index (χ0v) is 13.1. The summed E-state index contributed by atoms with van der Waals surface area (Å²) < 4.78 is 27.1. The van der Waals surface area contributed by atoms with Crippen LogP contribution in [0.25, 0.3) is 0 Å². The normalized spacial score (nSPS) is 12.4. The van der Waals surface area contributed by atoms with Gasteiger partial charge in [0.15, 0.2) is 0 Å². The third-order valence-electron chi connectivity index (χ3n) is 3.37. The second-order valence-corrected chi connectivity index (χ2v) is 6.83. The largest absolute Gasteiger partial charge is 0.289 e. The Morgan fingerprint density at radius 1 is 1.35 bits per heavy atom. The molecular formula is C12H17ClN2O4S. The van der Waals surface area contributed by atoms with Gasteiger partial charge in [-0.25, -0.2) is 13.1 Å². The molecule has 0 aromatic heterocycles. The van der Waals surface area contributed by atoms with Crippen molar-refractivity contribution in [3.8, 4) is 0 Å².